The molecule has 21 heavy (non-hydrogen) atoms. The fraction of sp³-hybridized carbons (Fsp3) is 0.368. The largest absolute Gasteiger partial charge is 0.494 e. The highest BCUT2D eigenvalue weighted by Crippen LogP contribution is 2.30. The number of nitrogens with one attached hydrogen (secondary N) is 1. The van der Waals surface area contributed by atoms with Crippen LogP contribution in [0, 0.1) is 13.8 Å². The Balaban J connectivity index is 2.45. The minimum atomic E-state index is 0.164. The number of rotatable bonds is 6. The SMILES string of the molecule is CCNC(c1ccc(C)c(C)c1)c1ccccc1OCC. The molecule has 0 heterocycles. The van der Waals surface area contributed by atoms with Crippen molar-refractivity contribution in [1.29, 1.82) is 0 Å². The molecule has 1 atom stereocenters. The van der Waals surface area contributed by atoms with Gasteiger partial charge in [0.15, 0.2) is 0 Å². The van der Waals surface area contributed by atoms with Crippen LogP contribution in [0.4, 0.5) is 0 Å². The lowest BCUT2D eigenvalue weighted by molar-refractivity contribution is 0.333. The molecule has 2 aromatic rings. The second-order valence-electron chi connectivity index (χ2n) is 5.31. The second-order valence-corrected chi connectivity index (χ2v) is 5.31. The van der Waals surface area contributed by atoms with Gasteiger partial charge in [-0.05, 0) is 50.1 Å². The number of ether oxygens (including phenoxy) is 1. The maximum absolute atomic E-state index is 5.80. The zero-order valence-corrected chi connectivity index (χ0v) is 13.4. The molecular formula is C19H25NO. The summed E-state index contributed by atoms with van der Waals surface area (Å²) < 4.78 is 5.80. The minimum absolute atomic E-state index is 0.164. The summed E-state index contributed by atoms with van der Waals surface area (Å²) in [6.07, 6.45) is 0. The van der Waals surface area contributed by atoms with Crippen molar-refractivity contribution in [3.8, 4) is 5.75 Å². The van der Waals surface area contributed by atoms with Crippen LogP contribution in [-0.2, 0) is 0 Å². The molecule has 0 saturated carbocycles. The van der Waals surface area contributed by atoms with E-state index in [-0.39, 0.29) is 6.04 Å². The highest BCUT2D eigenvalue weighted by Gasteiger charge is 2.17. The highest BCUT2D eigenvalue weighted by atomic mass is 16.5. The summed E-state index contributed by atoms with van der Waals surface area (Å²) in [5.74, 6) is 0.962. The third kappa shape index (κ3) is 3.64. The van der Waals surface area contributed by atoms with Crippen molar-refractivity contribution in [3.63, 3.8) is 0 Å². The number of hydrogen-bond acceptors (Lipinski definition) is 2. The van der Waals surface area contributed by atoms with Gasteiger partial charge in [-0.15, -0.1) is 0 Å². The van der Waals surface area contributed by atoms with Gasteiger partial charge in [-0.2, -0.15) is 0 Å². The Morgan fingerprint density at radius 3 is 2.43 bits per heavy atom. The van der Waals surface area contributed by atoms with Crippen LogP contribution in [0.3, 0.4) is 0 Å². The zero-order chi connectivity index (χ0) is 15.2. The molecule has 1 N–H and O–H groups in total. The molecule has 0 radical (unpaired) electrons. The predicted molar refractivity (Wildman–Crippen MR) is 89.0 cm³/mol. The first-order chi connectivity index (χ1) is 10.2. The van der Waals surface area contributed by atoms with E-state index in [4.69, 9.17) is 4.74 Å². The van der Waals surface area contributed by atoms with Gasteiger partial charge in [-0.25, -0.2) is 0 Å². The van der Waals surface area contributed by atoms with E-state index < -0.39 is 0 Å². The average Bonchev–Trinajstić information content (AvgIpc) is 2.49. The van der Waals surface area contributed by atoms with Crippen LogP contribution in [0.5, 0.6) is 5.75 Å². The van der Waals surface area contributed by atoms with Crippen LogP contribution < -0.4 is 10.1 Å². The Morgan fingerprint density at radius 1 is 1.00 bits per heavy atom. The first-order valence-corrected chi connectivity index (χ1v) is 7.69. The van der Waals surface area contributed by atoms with Gasteiger partial charge in [-0.1, -0.05) is 43.3 Å². The van der Waals surface area contributed by atoms with Crippen LogP contribution in [0.25, 0.3) is 0 Å². The lowest BCUT2D eigenvalue weighted by atomic mass is 9.95. The molecule has 2 aromatic carbocycles. The highest BCUT2D eigenvalue weighted by molar-refractivity contribution is 5.43. The fourth-order valence-corrected chi connectivity index (χ4v) is 2.56. The van der Waals surface area contributed by atoms with E-state index in [0.29, 0.717) is 6.61 Å². The maximum Gasteiger partial charge on any atom is 0.124 e. The summed E-state index contributed by atoms with van der Waals surface area (Å²) >= 11 is 0. The Morgan fingerprint density at radius 2 is 1.76 bits per heavy atom. The van der Waals surface area contributed by atoms with Gasteiger partial charge < -0.3 is 10.1 Å². The van der Waals surface area contributed by atoms with E-state index in [2.05, 4.69) is 56.4 Å². The Hall–Kier alpha value is -1.80. The summed E-state index contributed by atoms with van der Waals surface area (Å²) in [4.78, 5) is 0. The van der Waals surface area contributed by atoms with Crippen molar-refractivity contribution in [1.82, 2.24) is 5.32 Å². The minimum Gasteiger partial charge on any atom is -0.494 e. The van der Waals surface area contributed by atoms with Crippen LogP contribution in [0.2, 0.25) is 0 Å². The van der Waals surface area contributed by atoms with Crippen molar-refractivity contribution in [3.05, 3.63) is 64.7 Å². The number of aryl methyl sites for hydroxylation is 2. The Kier molecular flexibility index (Phi) is 5.40. The topological polar surface area (TPSA) is 21.3 Å². The van der Waals surface area contributed by atoms with Gasteiger partial charge in [0.25, 0.3) is 0 Å². The van der Waals surface area contributed by atoms with Crippen molar-refractivity contribution in [2.24, 2.45) is 0 Å². The van der Waals surface area contributed by atoms with E-state index in [1.165, 1.54) is 22.3 Å². The van der Waals surface area contributed by atoms with Crippen molar-refractivity contribution in [2.45, 2.75) is 33.7 Å². The molecule has 0 spiro atoms. The number of hydrogen-bond donors (Lipinski definition) is 1. The van der Waals surface area contributed by atoms with E-state index in [0.717, 1.165) is 12.3 Å². The number of benzene rings is 2. The Bertz CT molecular complexity index is 592. The van der Waals surface area contributed by atoms with Crippen LogP contribution in [0.15, 0.2) is 42.5 Å². The molecule has 0 aliphatic carbocycles. The molecule has 2 rings (SSSR count). The molecule has 0 aliphatic rings. The van der Waals surface area contributed by atoms with Crippen molar-refractivity contribution >= 4 is 0 Å². The zero-order valence-electron chi connectivity index (χ0n) is 13.4. The quantitative estimate of drug-likeness (QED) is 0.848. The van der Waals surface area contributed by atoms with E-state index in [1.54, 1.807) is 0 Å². The van der Waals surface area contributed by atoms with Crippen LogP contribution in [0.1, 0.15) is 42.1 Å². The summed E-state index contributed by atoms with van der Waals surface area (Å²) in [5, 5.41) is 3.58. The van der Waals surface area contributed by atoms with Crippen molar-refractivity contribution < 1.29 is 4.74 Å². The van der Waals surface area contributed by atoms with Gasteiger partial charge >= 0.3 is 0 Å². The van der Waals surface area contributed by atoms with E-state index >= 15 is 0 Å². The van der Waals surface area contributed by atoms with Crippen molar-refractivity contribution in [2.75, 3.05) is 13.2 Å². The fourth-order valence-electron chi connectivity index (χ4n) is 2.56. The molecule has 2 nitrogen and oxygen atoms in total. The van der Waals surface area contributed by atoms with Gasteiger partial charge in [0.2, 0.25) is 0 Å². The molecule has 2 heteroatoms. The second kappa shape index (κ2) is 7.28. The van der Waals surface area contributed by atoms with Gasteiger partial charge in [0.05, 0.1) is 12.6 Å². The van der Waals surface area contributed by atoms with E-state index in [9.17, 15) is 0 Å². The Labute approximate surface area is 128 Å². The van der Waals surface area contributed by atoms with Crippen LogP contribution >= 0.6 is 0 Å². The monoisotopic (exact) mass is 283 g/mol. The summed E-state index contributed by atoms with van der Waals surface area (Å²) in [6.45, 7) is 10.1. The van der Waals surface area contributed by atoms with E-state index in [1.807, 2.05) is 19.1 Å². The molecule has 0 fully saturated rings. The third-order valence-corrected chi connectivity index (χ3v) is 3.80. The lowest BCUT2D eigenvalue weighted by Gasteiger charge is -2.22. The standard InChI is InChI=1S/C19H25NO/c1-5-20-19(16-12-11-14(3)15(4)13-16)17-9-7-8-10-18(17)21-6-2/h7-13,19-20H,5-6H2,1-4H3. The normalized spacial score (nSPS) is 12.2. The molecule has 1 unspecified atom stereocenters. The number of para-hydroxylation sites is 1. The molecule has 112 valence electrons. The summed E-state index contributed by atoms with van der Waals surface area (Å²) in [7, 11) is 0. The van der Waals surface area contributed by atoms with Gasteiger partial charge in [0.1, 0.15) is 5.75 Å². The first-order valence-electron chi connectivity index (χ1n) is 7.69. The summed E-state index contributed by atoms with van der Waals surface area (Å²) in [5.41, 5.74) is 5.13. The molecular weight excluding hydrogens is 258 g/mol. The predicted octanol–water partition coefficient (Wildman–Crippen LogP) is 4.40. The first kappa shape index (κ1) is 15.6. The molecule has 0 aromatic heterocycles. The smallest absolute Gasteiger partial charge is 0.124 e. The molecule has 0 saturated heterocycles. The average molecular weight is 283 g/mol. The van der Waals surface area contributed by atoms with Gasteiger partial charge in [0, 0.05) is 5.56 Å². The summed E-state index contributed by atoms with van der Waals surface area (Å²) in [6, 6.07) is 15.1. The third-order valence-electron chi connectivity index (χ3n) is 3.80. The molecule has 0 amide bonds. The molecule has 0 aliphatic heterocycles. The maximum atomic E-state index is 5.80. The van der Waals surface area contributed by atoms with Gasteiger partial charge in [-0.3, -0.25) is 0 Å². The molecule has 0 bridgehead atoms. The lowest BCUT2D eigenvalue weighted by Crippen LogP contribution is -2.22. The van der Waals surface area contributed by atoms with Crippen LogP contribution in [-0.4, -0.2) is 13.2 Å².